The molecule has 0 aromatic rings. The van der Waals surface area contributed by atoms with Gasteiger partial charge in [-0.05, 0) is 74.4 Å². The minimum Gasteiger partial charge on any atom is -0.462 e. The molecule has 13 nitrogen and oxygen atoms in total. The molecule has 13 heteroatoms. The Morgan fingerprint density at radius 1 is 0.587 bits per heavy atom. The van der Waals surface area contributed by atoms with Gasteiger partial charge in [-0.2, -0.15) is 0 Å². The van der Waals surface area contributed by atoms with E-state index in [1.54, 1.807) is 35.3 Å². The summed E-state index contributed by atoms with van der Waals surface area (Å²) in [5.74, 6) is -2.10. The van der Waals surface area contributed by atoms with Gasteiger partial charge in [0.25, 0.3) is 0 Å². The second-order valence-corrected chi connectivity index (χ2v) is 11.1. The molecule has 0 fully saturated rings. The van der Waals surface area contributed by atoms with Crippen molar-refractivity contribution in [2.75, 3.05) is 81.3 Å². The zero-order valence-electron chi connectivity index (χ0n) is 29.0. The van der Waals surface area contributed by atoms with E-state index in [4.69, 9.17) is 23.7 Å². The van der Waals surface area contributed by atoms with E-state index >= 15 is 0 Å². The molecule has 0 amide bonds. The van der Waals surface area contributed by atoms with E-state index in [-0.39, 0.29) is 19.3 Å². The van der Waals surface area contributed by atoms with Gasteiger partial charge in [-0.25, -0.2) is 19.2 Å². The minimum absolute atomic E-state index is 0.0453. The number of hydrogen-bond acceptors (Lipinski definition) is 13. The zero-order chi connectivity index (χ0) is 34.7. The van der Waals surface area contributed by atoms with Gasteiger partial charge in [0.2, 0.25) is 0 Å². The summed E-state index contributed by atoms with van der Waals surface area (Å²) in [6, 6.07) is 0. The van der Waals surface area contributed by atoms with Crippen LogP contribution in [0.2, 0.25) is 0 Å². The third kappa shape index (κ3) is 25.6. The highest BCUT2D eigenvalue weighted by Crippen LogP contribution is 2.04. The molecule has 0 heterocycles. The number of nitrogens with zero attached hydrogens (tertiary/aromatic N) is 4. The van der Waals surface area contributed by atoms with Crippen molar-refractivity contribution in [2.45, 2.75) is 58.7 Å². The molecule has 0 radical (unpaired) electrons. The molecular formula is C33H56N4O9. The number of carbonyl (C=O) groups is 4. The molecule has 0 aromatic carbocycles. The molecule has 2 unspecified atom stereocenters. The molecule has 262 valence electrons. The zero-order valence-corrected chi connectivity index (χ0v) is 29.0. The van der Waals surface area contributed by atoms with Crippen LogP contribution in [0.1, 0.15) is 46.5 Å². The maximum Gasteiger partial charge on any atom is 0.332 e. The van der Waals surface area contributed by atoms with Crippen molar-refractivity contribution in [3.05, 3.63) is 49.1 Å². The second kappa shape index (κ2) is 26.5. The van der Waals surface area contributed by atoms with Crippen LogP contribution in [-0.4, -0.2) is 137 Å². The normalized spacial score (nSPS) is 13.2. The molecule has 0 saturated carbocycles. The maximum absolute atomic E-state index is 12.4. The Morgan fingerprint density at radius 2 is 1.00 bits per heavy atom. The van der Waals surface area contributed by atoms with Crippen molar-refractivity contribution < 1.29 is 42.9 Å². The summed E-state index contributed by atoms with van der Waals surface area (Å²) < 4.78 is 25.8. The predicted octanol–water partition coefficient (Wildman–Crippen LogP) is 2.94. The quantitative estimate of drug-likeness (QED) is 0.0621. The third-order valence-corrected chi connectivity index (χ3v) is 6.16. The lowest BCUT2D eigenvalue weighted by Gasteiger charge is -2.18. The summed E-state index contributed by atoms with van der Waals surface area (Å²) in [5, 5.41) is 0. The first-order chi connectivity index (χ1) is 21.9. The van der Waals surface area contributed by atoms with Crippen LogP contribution in [-0.2, 0) is 42.9 Å². The predicted molar refractivity (Wildman–Crippen MR) is 176 cm³/mol. The molecule has 0 rings (SSSR count). The van der Waals surface area contributed by atoms with Crippen LogP contribution in [0.3, 0.4) is 0 Å². The lowest BCUT2D eigenvalue weighted by Crippen LogP contribution is -2.21. The topological polar surface area (TPSA) is 127 Å². The van der Waals surface area contributed by atoms with Crippen molar-refractivity contribution in [1.29, 1.82) is 0 Å². The van der Waals surface area contributed by atoms with Gasteiger partial charge in [-0.1, -0.05) is 6.92 Å². The van der Waals surface area contributed by atoms with Crippen LogP contribution in [0.4, 0.5) is 0 Å². The first-order valence-corrected chi connectivity index (χ1v) is 15.6. The van der Waals surface area contributed by atoms with E-state index in [0.717, 1.165) is 32.4 Å². The summed E-state index contributed by atoms with van der Waals surface area (Å²) in [5.41, 5.74) is 0. The third-order valence-electron chi connectivity index (χ3n) is 6.16. The Labute approximate surface area is 275 Å². The Morgan fingerprint density at radius 3 is 1.41 bits per heavy atom. The van der Waals surface area contributed by atoms with Gasteiger partial charge in [0.1, 0.15) is 12.7 Å². The van der Waals surface area contributed by atoms with Gasteiger partial charge in [0.15, 0.2) is 0 Å². The summed E-state index contributed by atoms with van der Waals surface area (Å²) in [7, 11) is 9.39. The van der Waals surface area contributed by atoms with E-state index < -0.39 is 30.0 Å². The number of hydrogen-bond donors (Lipinski definition) is 0. The monoisotopic (exact) mass is 652 g/mol. The summed E-state index contributed by atoms with van der Waals surface area (Å²) in [4.78, 5) is 56.1. The molecule has 0 saturated heterocycles. The minimum atomic E-state index is -0.570. The molecule has 0 aliphatic heterocycles. The van der Waals surface area contributed by atoms with Crippen molar-refractivity contribution in [1.82, 2.24) is 19.6 Å². The SMILES string of the molecule is CCC(C)OC(=O)/C=C/N(/C=C/C(=O)OCCC(C)OC(=O)/C=C/N(/C=C/C(=O)OCCOC)CCCN(C)C)CCCN(C)C. The lowest BCUT2D eigenvalue weighted by atomic mass is 10.3. The fourth-order valence-corrected chi connectivity index (χ4v) is 3.43. The number of carbonyl (C=O) groups excluding carboxylic acids is 4. The van der Waals surface area contributed by atoms with E-state index in [1.165, 1.54) is 37.6 Å². The number of methoxy groups -OCH3 is 1. The molecule has 46 heavy (non-hydrogen) atoms. The largest absolute Gasteiger partial charge is 0.462 e. The average Bonchev–Trinajstić information content (AvgIpc) is 2.98. The second-order valence-electron chi connectivity index (χ2n) is 11.1. The van der Waals surface area contributed by atoms with Gasteiger partial charge >= 0.3 is 23.9 Å². The van der Waals surface area contributed by atoms with Crippen LogP contribution in [0.5, 0.6) is 0 Å². The van der Waals surface area contributed by atoms with Crippen molar-refractivity contribution in [2.24, 2.45) is 0 Å². The summed E-state index contributed by atoms with van der Waals surface area (Å²) in [6.45, 7) is 8.76. The highest BCUT2D eigenvalue weighted by atomic mass is 16.6. The molecule has 2 atom stereocenters. The number of ether oxygens (including phenoxy) is 5. The highest BCUT2D eigenvalue weighted by Gasteiger charge is 2.10. The van der Waals surface area contributed by atoms with E-state index in [0.29, 0.717) is 26.1 Å². The fourth-order valence-electron chi connectivity index (χ4n) is 3.43. The molecule has 0 aliphatic carbocycles. The first-order valence-electron chi connectivity index (χ1n) is 15.6. The Balaban J connectivity index is 4.91. The van der Waals surface area contributed by atoms with Gasteiger partial charge in [-0.15, -0.1) is 0 Å². The maximum atomic E-state index is 12.4. The van der Waals surface area contributed by atoms with Crippen LogP contribution >= 0.6 is 0 Å². The van der Waals surface area contributed by atoms with E-state index in [9.17, 15) is 19.2 Å². The van der Waals surface area contributed by atoms with Crippen molar-refractivity contribution >= 4 is 23.9 Å². The highest BCUT2D eigenvalue weighted by molar-refractivity contribution is 5.83. The molecule has 0 aliphatic rings. The van der Waals surface area contributed by atoms with Crippen LogP contribution < -0.4 is 0 Å². The van der Waals surface area contributed by atoms with Gasteiger partial charge < -0.3 is 43.3 Å². The van der Waals surface area contributed by atoms with Gasteiger partial charge in [-0.3, -0.25) is 0 Å². The average molecular weight is 653 g/mol. The lowest BCUT2D eigenvalue weighted by molar-refractivity contribution is -0.145. The Bertz CT molecular complexity index is 996. The molecular weight excluding hydrogens is 596 g/mol. The van der Waals surface area contributed by atoms with Gasteiger partial charge in [0, 0.05) is 75.7 Å². The van der Waals surface area contributed by atoms with E-state index in [1.807, 2.05) is 51.8 Å². The van der Waals surface area contributed by atoms with Gasteiger partial charge in [0.05, 0.1) is 19.3 Å². The molecule has 0 spiro atoms. The Hall–Kier alpha value is -3.68. The standard InChI is InChI=1S/C33H56N4O9/c1-9-28(2)45-32(40)14-23-36(19-10-17-34(4)5)21-12-30(38)43-25-16-29(3)46-33(41)15-24-37(20-11-18-35(6)7)22-13-31(39)44-27-26-42-8/h12-15,21-24,28-29H,9-11,16-20,25-27H2,1-8H3/b21-12+,22-13+,23-14+,24-15+. The fraction of sp³-hybridized carbons (Fsp3) is 0.636. The summed E-state index contributed by atoms with van der Waals surface area (Å²) >= 11 is 0. The van der Waals surface area contributed by atoms with Crippen LogP contribution in [0, 0.1) is 0 Å². The molecule has 0 N–H and O–H groups in total. The van der Waals surface area contributed by atoms with Crippen LogP contribution in [0.15, 0.2) is 49.1 Å². The van der Waals surface area contributed by atoms with Crippen molar-refractivity contribution in [3.8, 4) is 0 Å². The molecule has 0 bridgehead atoms. The van der Waals surface area contributed by atoms with Crippen LogP contribution in [0.25, 0.3) is 0 Å². The Kier molecular flexibility index (Phi) is 24.4. The van der Waals surface area contributed by atoms with E-state index in [2.05, 4.69) is 0 Å². The number of esters is 4. The first kappa shape index (κ1) is 42.3. The molecule has 0 aromatic heterocycles. The smallest absolute Gasteiger partial charge is 0.332 e. The summed E-state index contributed by atoms with van der Waals surface area (Å²) in [6.07, 6.45) is 13.3. The number of rotatable bonds is 25. The van der Waals surface area contributed by atoms with Crippen molar-refractivity contribution in [3.63, 3.8) is 0 Å².